The van der Waals surface area contributed by atoms with Crippen LogP contribution in [0, 0.1) is 23.2 Å². The third kappa shape index (κ3) is 4.78. The van der Waals surface area contributed by atoms with Gasteiger partial charge in [0.1, 0.15) is 0 Å². The Morgan fingerprint density at radius 2 is 1.27 bits per heavy atom. The van der Waals surface area contributed by atoms with E-state index < -0.39 is 0 Å². The highest BCUT2D eigenvalue weighted by molar-refractivity contribution is 5.86. The van der Waals surface area contributed by atoms with Crippen molar-refractivity contribution in [3.8, 4) is 0 Å². The molecule has 1 aliphatic heterocycles. The van der Waals surface area contributed by atoms with Crippen molar-refractivity contribution < 1.29 is 19.2 Å². The number of piperazine rings is 1. The molecule has 166 valence electrons. The third-order valence-electron chi connectivity index (χ3n) is 7.69. The van der Waals surface area contributed by atoms with Gasteiger partial charge in [-0.1, -0.05) is 0 Å². The molecule has 4 saturated carbocycles. The molecule has 4 bridgehead atoms. The van der Waals surface area contributed by atoms with Crippen LogP contribution in [0.3, 0.4) is 0 Å². The lowest BCUT2D eigenvalue weighted by atomic mass is 9.49. The van der Waals surface area contributed by atoms with Gasteiger partial charge in [0.2, 0.25) is 23.6 Å². The molecular formula is C22H34N4O4. The number of hydrogen-bond donors (Lipinski definition) is 2. The number of carbonyl (C=O) groups is 4. The lowest BCUT2D eigenvalue weighted by molar-refractivity contribution is -0.139. The second-order valence-electron chi connectivity index (χ2n) is 10.1. The van der Waals surface area contributed by atoms with Gasteiger partial charge in [0.05, 0.1) is 0 Å². The van der Waals surface area contributed by atoms with Crippen LogP contribution in [0.25, 0.3) is 0 Å². The molecule has 1 heterocycles. The van der Waals surface area contributed by atoms with E-state index in [2.05, 4.69) is 10.9 Å². The first-order valence-electron chi connectivity index (χ1n) is 11.4. The van der Waals surface area contributed by atoms with Crippen LogP contribution in [0.1, 0.15) is 64.7 Å². The van der Waals surface area contributed by atoms with E-state index in [0.717, 1.165) is 37.0 Å². The first kappa shape index (κ1) is 21.1. The Labute approximate surface area is 178 Å². The molecule has 8 nitrogen and oxygen atoms in total. The zero-order valence-electron chi connectivity index (χ0n) is 18.0. The molecule has 0 aromatic carbocycles. The molecule has 4 aliphatic carbocycles. The Morgan fingerprint density at radius 1 is 0.767 bits per heavy atom. The predicted molar refractivity (Wildman–Crippen MR) is 110 cm³/mol. The normalized spacial score (nSPS) is 32.1. The minimum absolute atomic E-state index is 0.0192. The van der Waals surface area contributed by atoms with Gasteiger partial charge >= 0.3 is 0 Å². The minimum atomic E-state index is -0.343. The number of amides is 4. The van der Waals surface area contributed by atoms with Crippen molar-refractivity contribution in [1.82, 2.24) is 20.7 Å². The first-order valence-corrected chi connectivity index (χ1v) is 11.4. The largest absolute Gasteiger partial charge is 0.339 e. The molecule has 0 unspecified atom stereocenters. The summed E-state index contributed by atoms with van der Waals surface area (Å²) in [5, 5.41) is 0. The summed E-state index contributed by atoms with van der Waals surface area (Å²) in [5.74, 6) is 1.85. The first-order chi connectivity index (χ1) is 14.3. The van der Waals surface area contributed by atoms with Crippen LogP contribution in [-0.2, 0) is 19.2 Å². The van der Waals surface area contributed by atoms with Crippen molar-refractivity contribution in [3.05, 3.63) is 0 Å². The molecule has 0 atom stereocenters. The topological polar surface area (TPSA) is 98.8 Å². The van der Waals surface area contributed by atoms with E-state index in [-0.39, 0.29) is 41.9 Å². The van der Waals surface area contributed by atoms with Gasteiger partial charge in [0.25, 0.3) is 0 Å². The van der Waals surface area contributed by atoms with Gasteiger partial charge in [-0.3, -0.25) is 30.0 Å². The molecule has 1 saturated heterocycles. The van der Waals surface area contributed by atoms with Crippen LogP contribution in [0.2, 0.25) is 0 Å². The average molecular weight is 419 g/mol. The minimum Gasteiger partial charge on any atom is -0.339 e. The van der Waals surface area contributed by atoms with Gasteiger partial charge in [0.15, 0.2) is 0 Å². The fourth-order valence-corrected chi connectivity index (χ4v) is 6.74. The summed E-state index contributed by atoms with van der Waals surface area (Å²) in [6.07, 6.45) is 8.15. The molecule has 5 rings (SSSR count). The van der Waals surface area contributed by atoms with E-state index in [1.807, 2.05) is 0 Å². The van der Waals surface area contributed by atoms with Crippen LogP contribution in [0.5, 0.6) is 0 Å². The second kappa shape index (κ2) is 8.55. The molecule has 5 aliphatic rings. The summed E-state index contributed by atoms with van der Waals surface area (Å²) in [5.41, 5.74) is 5.20. The Bertz CT molecular complexity index is 679. The molecule has 5 fully saturated rings. The Hall–Kier alpha value is -2.12. The van der Waals surface area contributed by atoms with Gasteiger partial charge in [-0.2, -0.15) is 0 Å². The zero-order chi connectivity index (χ0) is 21.3. The van der Waals surface area contributed by atoms with Crippen molar-refractivity contribution in [2.24, 2.45) is 23.2 Å². The fraction of sp³-hybridized carbons (Fsp3) is 0.818. The zero-order valence-corrected chi connectivity index (χ0v) is 18.0. The van der Waals surface area contributed by atoms with Gasteiger partial charge in [-0.15, -0.1) is 0 Å². The monoisotopic (exact) mass is 418 g/mol. The Balaban J connectivity index is 1.14. The molecule has 2 N–H and O–H groups in total. The summed E-state index contributed by atoms with van der Waals surface area (Å²) in [4.78, 5) is 51.6. The Kier molecular flexibility index (Phi) is 6.02. The number of hydrazine groups is 1. The molecule has 0 radical (unpaired) electrons. The van der Waals surface area contributed by atoms with Crippen molar-refractivity contribution >= 4 is 23.6 Å². The lowest BCUT2D eigenvalue weighted by Crippen LogP contribution is -2.50. The second-order valence-corrected chi connectivity index (χ2v) is 10.1. The van der Waals surface area contributed by atoms with Crippen molar-refractivity contribution in [3.63, 3.8) is 0 Å². The van der Waals surface area contributed by atoms with E-state index in [9.17, 15) is 19.2 Å². The molecule has 0 aromatic rings. The molecule has 0 spiro atoms. The summed E-state index contributed by atoms with van der Waals surface area (Å²) in [6.45, 7) is 3.60. The van der Waals surface area contributed by atoms with Crippen LogP contribution in [-0.4, -0.2) is 59.6 Å². The number of hydrogen-bond acceptors (Lipinski definition) is 4. The van der Waals surface area contributed by atoms with E-state index in [1.54, 1.807) is 9.80 Å². The smallest absolute Gasteiger partial charge is 0.238 e. The number of nitrogens with zero attached hydrogens (tertiary/aromatic N) is 2. The lowest BCUT2D eigenvalue weighted by Gasteiger charge is -2.56. The standard InChI is InChI=1S/C22H34N4O4/c1-15(27)25-4-6-26(7-5-25)21(30)3-2-19(28)23-24-20(29)14-22-11-16-8-17(12-22)10-18(9-16)13-22/h16-18H,2-14H2,1H3,(H,23,28)(H,24,29). The maximum Gasteiger partial charge on any atom is 0.238 e. The van der Waals surface area contributed by atoms with Crippen molar-refractivity contribution in [2.75, 3.05) is 26.2 Å². The number of nitrogens with one attached hydrogen (secondary N) is 2. The van der Waals surface area contributed by atoms with Crippen molar-refractivity contribution in [1.29, 1.82) is 0 Å². The molecular weight excluding hydrogens is 384 g/mol. The molecule has 30 heavy (non-hydrogen) atoms. The van der Waals surface area contributed by atoms with Crippen molar-refractivity contribution in [2.45, 2.75) is 64.7 Å². The van der Waals surface area contributed by atoms with E-state index in [0.29, 0.717) is 32.6 Å². The quantitative estimate of drug-likeness (QED) is 0.656. The summed E-state index contributed by atoms with van der Waals surface area (Å²) in [7, 11) is 0. The van der Waals surface area contributed by atoms with Crippen LogP contribution >= 0.6 is 0 Å². The van der Waals surface area contributed by atoms with Crippen LogP contribution in [0.15, 0.2) is 0 Å². The molecule has 4 amide bonds. The average Bonchev–Trinajstić information content (AvgIpc) is 2.69. The summed E-state index contributed by atoms with van der Waals surface area (Å²) in [6, 6.07) is 0. The summed E-state index contributed by atoms with van der Waals surface area (Å²) < 4.78 is 0. The van der Waals surface area contributed by atoms with Crippen LogP contribution in [0.4, 0.5) is 0 Å². The van der Waals surface area contributed by atoms with Gasteiger partial charge in [-0.25, -0.2) is 0 Å². The highest BCUT2D eigenvalue weighted by atomic mass is 16.2. The highest BCUT2D eigenvalue weighted by Crippen LogP contribution is 2.61. The van der Waals surface area contributed by atoms with E-state index >= 15 is 0 Å². The molecule has 8 heteroatoms. The number of rotatable bonds is 5. The maximum atomic E-state index is 12.5. The maximum absolute atomic E-state index is 12.5. The van der Waals surface area contributed by atoms with Crippen LogP contribution < -0.4 is 10.9 Å². The van der Waals surface area contributed by atoms with Gasteiger partial charge in [-0.05, 0) is 61.7 Å². The highest BCUT2D eigenvalue weighted by Gasteiger charge is 2.51. The fourth-order valence-electron chi connectivity index (χ4n) is 6.74. The van der Waals surface area contributed by atoms with Gasteiger partial charge in [0, 0.05) is 52.4 Å². The number of carbonyl (C=O) groups excluding carboxylic acids is 4. The third-order valence-corrected chi connectivity index (χ3v) is 7.69. The molecule has 0 aromatic heterocycles. The Morgan fingerprint density at radius 3 is 1.80 bits per heavy atom. The van der Waals surface area contributed by atoms with Gasteiger partial charge < -0.3 is 9.80 Å². The van der Waals surface area contributed by atoms with E-state index in [1.165, 1.54) is 26.2 Å². The summed E-state index contributed by atoms with van der Waals surface area (Å²) >= 11 is 0. The SMILES string of the molecule is CC(=O)N1CCN(C(=O)CCC(=O)NNC(=O)CC23CC4CC(CC(C4)C2)C3)CC1. The van der Waals surface area contributed by atoms with E-state index in [4.69, 9.17) is 0 Å². The predicted octanol–water partition coefficient (Wildman–Crippen LogP) is 1.21.